The maximum atomic E-state index is 12.4. The summed E-state index contributed by atoms with van der Waals surface area (Å²) in [4.78, 5) is 22.5. The second-order valence-corrected chi connectivity index (χ2v) is 6.85. The Morgan fingerprint density at radius 1 is 1.21 bits per heavy atom. The summed E-state index contributed by atoms with van der Waals surface area (Å²) in [6.07, 6.45) is 1.01. The summed E-state index contributed by atoms with van der Waals surface area (Å²) in [5.74, 6) is -0.572. The molecule has 2 aromatic carbocycles. The molecule has 2 aromatic rings. The van der Waals surface area contributed by atoms with Gasteiger partial charge in [-0.2, -0.15) is 0 Å². The van der Waals surface area contributed by atoms with Gasteiger partial charge in [0.05, 0.1) is 34.2 Å². The summed E-state index contributed by atoms with van der Waals surface area (Å²) >= 11 is 0. The van der Waals surface area contributed by atoms with E-state index in [1.165, 1.54) is 43.5 Å². The number of anilines is 1. The molecule has 0 aliphatic rings. The standard InChI is InChI=1S/C15H14N2O6S/c1-23-13-9-10(17(19)20)7-8-12(13)16-15(18)11-5-3-4-6-14(11)24(2,21)22/h3-9H,1-2H3,(H,16,18). The van der Waals surface area contributed by atoms with Gasteiger partial charge in [0.15, 0.2) is 9.84 Å². The number of nitro groups is 1. The first kappa shape index (κ1) is 17.4. The maximum absolute atomic E-state index is 12.4. The van der Waals surface area contributed by atoms with Crippen LogP contribution < -0.4 is 10.1 Å². The third-order valence-electron chi connectivity index (χ3n) is 3.18. The largest absolute Gasteiger partial charge is 0.494 e. The van der Waals surface area contributed by atoms with E-state index in [0.29, 0.717) is 0 Å². The molecule has 0 unspecified atom stereocenters. The SMILES string of the molecule is COc1cc([N+](=O)[O-])ccc1NC(=O)c1ccccc1S(C)(=O)=O. The molecule has 0 bridgehead atoms. The van der Waals surface area contributed by atoms with Gasteiger partial charge in [-0.1, -0.05) is 12.1 Å². The van der Waals surface area contributed by atoms with Gasteiger partial charge in [0.2, 0.25) is 0 Å². The number of ether oxygens (including phenoxy) is 1. The number of rotatable bonds is 5. The zero-order valence-corrected chi connectivity index (χ0v) is 13.7. The van der Waals surface area contributed by atoms with Gasteiger partial charge >= 0.3 is 0 Å². The van der Waals surface area contributed by atoms with Crippen LogP contribution in [0.25, 0.3) is 0 Å². The normalized spacial score (nSPS) is 10.9. The van der Waals surface area contributed by atoms with E-state index in [2.05, 4.69) is 5.32 Å². The number of hydrogen-bond donors (Lipinski definition) is 1. The Balaban J connectivity index is 2.40. The van der Waals surface area contributed by atoms with Gasteiger partial charge < -0.3 is 10.1 Å². The number of hydrogen-bond acceptors (Lipinski definition) is 6. The molecule has 1 amide bonds. The number of nitrogens with zero attached hydrogens (tertiary/aromatic N) is 1. The van der Waals surface area contributed by atoms with E-state index in [0.717, 1.165) is 12.3 Å². The van der Waals surface area contributed by atoms with Crippen molar-refractivity contribution >= 4 is 27.1 Å². The van der Waals surface area contributed by atoms with Crippen molar-refractivity contribution in [2.45, 2.75) is 4.90 Å². The number of sulfone groups is 1. The smallest absolute Gasteiger partial charge is 0.273 e. The first-order valence-electron chi connectivity index (χ1n) is 6.67. The van der Waals surface area contributed by atoms with E-state index in [1.807, 2.05) is 0 Å². The van der Waals surface area contributed by atoms with E-state index in [4.69, 9.17) is 4.74 Å². The van der Waals surface area contributed by atoms with Crippen LogP contribution in [0.15, 0.2) is 47.4 Å². The minimum atomic E-state index is -3.59. The fraction of sp³-hybridized carbons (Fsp3) is 0.133. The molecule has 2 rings (SSSR count). The van der Waals surface area contributed by atoms with Crippen molar-refractivity contribution in [2.75, 3.05) is 18.7 Å². The number of benzene rings is 2. The van der Waals surface area contributed by atoms with Crippen LogP contribution in [0.2, 0.25) is 0 Å². The Morgan fingerprint density at radius 2 is 1.88 bits per heavy atom. The lowest BCUT2D eigenvalue weighted by atomic mass is 10.2. The Kier molecular flexibility index (Phi) is 4.84. The van der Waals surface area contributed by atoms with E-state index in [1.54, 1.807) is 0 Å². The summed E-state index contributed by atoms with van der Waals surface area (Å²) < 4.78 is 28.6. The summed E-state index contributed by atoms with van der Waals surface area (Å²) in [6, 6.07) is 9.45. The van der Waals surface area contributed by atoms with Gasteiger partial charge in [-0.15, -0.1) is 0 Å². The molecular formula is C15H14N2O6S. The van der Waals surface area contributed by atoms with Crippen LogP contribution >= 0.6 is 0 Å². The molecule has 0 radical (unpaired) electrons. The molecule has 0 aliphatic carbocycles. The lowest BCUT2D eigenvalue weighted by molar-refractivity contribution is -0.384. The van der Waals surface area contributed by atoms with Crippen LogP contribution in [-0.4, -0.2) is 32.6 Å². The number of amides is 1. The van der Waals surface area contributed by atoms with Crippen LogP contribution in [0.3, 0.4) is 0 Å². The van der Waals surface area contributed by atoms with E-state index in [-0.39, 0.29) is 27.6 Å². The fourth-order valence-corrected chi connectivity index (χ4v) is 2.95. The molecule has 0 saturated carbocycles. The monoisotopic (exact) mass is 350 g/mol. The van der Waals surface area contributed by atoms with Crippen molar-refractivity contribution < 1.29 is 22.9 Å². The average Bonchev–Trinajstić information content (AvgIpc) is 2.54. The van der Waals surface area contributed by atoms with Gasteiger partial charge in [0.1, 0.15) is 5.75 Å². The molecule has 0 aliphatic heterocycles. The maximum Gasteiger partial charge on any atom is 0.273 e. The molecule has 8 nitrogen and oxygen atoms in total. The number of nitro benzene ring substituents is 1. The molecule has 0 aromatic heterocycles. The molecule has 0 saturated heterocycles. The highest BCUT2D eigenvalue weighted by Crippen LogP contribution is 2.29. The molecule has 0 fully saturated rings. The Morgan fingerprint density at radius 3 is 2.46 bits per heavy atom. The summed E-state index contributed by atoms with van der Waals surface area (Å²) in [7, 11) is -2.28. The van der Waals surface area contributed by atoms with Gasteiger partial charge in [-0.3, -0.25) is 14.9 Å². The Bertz CT molecular complexity index is 908. The van der Waals surface area contributed by atoms with Crippen molar-refractivity contribution in [2.24, 2.45) is 0 Å². The molecule has 9 heteroatoms. The number of methoxy groups -OCH3 is 1. The fourth-order valence-electron chi connectivity index (χ4n) is 2.06. The third kappa shape index (κ3) is 3.69. The van der Waals surface area contributed by atoms with E-state index >= 15 is 0 Å². The molecule has 0 spiro atoms. The Hall–Kier alpha value is -2.94. The van der Waals surface area contributed by atoms with Gasteiger partial charge in [-0.05, 0) is 18.2 Å². The Labute approximate surface area is 138 Å². The van der Waals surface area contributed by atoms with E-state index < -0.39 is 20.7 Å². The van der Waals surface area contributed by atoms with Crippen LogP contribution in [0.5, 0.6) is 5.75 Å². The highest BCUT2D eigenvalue weighted by Gasteiger charge is 2.20. The topological polar surface area (TPSA) is 116 Å². The average molecular weight is 350 g/mol. The second-order valence-electron chi connectivity index (χ2n) is 4.86. The molecule has 126 valence electrons. The third-order valence-corrected chi connectivity index (χ3v) is 4.33. The molecule has 1 N–H and O–H groups in total. The van der Waals surface area contributed by atoms with Gasteiger partial charge in [0, 0.05) is 12.3 Å². The summed E-state index contributed by atoms with van der Waals surface area (Å²) in [5, 5.41) is 13.3. The molecule has 0 heterocycles. The van der Waals surface area contributed by atoms with Crippen molar-refractivity contribution in [3.8, 4) is 5.75 Å². The quantitative estimate of drug-likeness (QED) is 0.653. The summed E-state index contributed by atoms with van der Waals surface area (Å²) in [6.45, 7) is 0. The summed E-state index contributed by atoms with van der Waals surface area (Å²) in [5.41, 5.74) is -0.0294. The highest BCUT2D eigenvalue weighted by molar-refractivity contribution is 7.90. The lowest BCUT2D eigenvalue weighted by Gasteiger charge is -2.11. The lowest BCUT2D eigenvalue weighted by Crippen LogP contribution is -2.16. The number of nitrogens with one attached hydrogen (secondary N) is 1. The molecular weight excluding hydrogens is 336 g/mol. The van der Waals surface area contributed by atoms with Crippen LogP contribution in [0.4, 0.5) is 11.4 Å². The van der Waals surface area contributed by atoms with Crippen molar-refractivity contribution in [1.29, 1.82) is 0 Å². The van der Waals surface area contributed by atoms with Crippen LogP contribution in [-0.2, 0) is 9.84 Å². The number of carbonyl (C=O) groups is 1. The predicted octanol–water partition coefficient (Wildman–Crippen LogP) is 2.26. The highest BCUT2D eigenvalue weighted by atomic mass is 32.2. The van der Waals surface area contributed by atoms with Crippen molar-refractivity contribution in [3.05, 3.63) is 58.1 Å². The van der Waals surface area contributed by atoms with Crippen LogP contribution in [0.1, 0.15) is 10.4 Å². The van der Waals surface area contributed by atoms with Crippen LogP contribution in [0, 0.1) is 10.1 Å². The van der Waals surface area contributed by atoms with Gasteiger partial charge in [0.25, 0.3) is 11.6 Å². The zero-order valence-electron chi connectivity index (χ0n) is 12.8. The van der Waals surface area contributed by atoms with Gasteiger partial charge in [-0.25, -0.2) is 8.42 Å². The first-order valence-corrected chi connectivity index (χ1v) is 8.56. The van der Waals surface area contributed by atoms with E-state index in [9.17, 15) is 23.3 Å². The van der Waals surface area contributed by atoms with Crippen molar-refractivity contribution in [1.82, 2.24) is 0 Å². The molecule has 0 atom stereocenters. The predicted molar refractivity (Wildman–Crippen MR) is 87.2 cm³/mol. The second kappa shape index (κ2) is 6.67. The first-order chi connectivity index (χ1) is 11.2. The zero-order chi connectivity index (χ0) is 17.9. The molecule has 24 heavy (non-hydrogen) atoms. The number of carbonyl (C=O) groups excluding carboxylic acids is 1. The minimum Gasteiger partial charge on any atom is -0.494 e. The van der Waals surface area contributed by atoms with Crippen molar-refractivity contribution in [3.63, 3.8) is 0 Å². The minimum absolute atomic E-state index is 0.0274. The number of non-ortho nitro benzene ring substituents is 1.